The maximum Gasteiger partial charge on any atom is 0.408 e. The molecule has 10 heteroatoms. The van der Waals surface area contributed by atoms with Crippen LogP contribution in [0.4, 0.5) is 26.3 Å². The molecule has 1 aliphatic rings. The summed E-state index contributed by atoms with van der Waals surface area (Å²) in [6.07, 6.45) is -6.33. The number of alkyl halides is 6. The van der Waals surface area contributed by atoms with Gasteiger partial charge in [-0.05, 0) is 25.9 Å². The molecule has 0 aliphatic carbocycles. The molecule has 1 aromatic heterocycles. The lowest BCUT2D eigenvalue weighted by Gasteiger charge is -2.35. The minimum Gasteiger partial charge on any atom is -0.303 e. The summed E-state index contributed by atoms with van der Waals surface area (Å²) in [5.41, 5.74) is 0.0319. The molecule has 138 valence electrons. The standard InChI is InChI=1S/C14H20F6N4/c1-23-9-10(8-21-23)12(14(18,19)20)22-11-2-5-24(6-3-11)7-4-13(15,16)17/h8-9,11-12,22H,2-7H2,1H3/t12-/m0/s1. The predicted molar refractivity (Wildman–Crippen MR) is 75.3 cm³/mol. The number of hydrogen-bond donors (Lipinski definition) is 1. The fourth-order valence-electron chi connectivity index (χ4n) is 2.81. The molecule has 4 nitrogen and oxygen atoms in total. The highest BCUT2D eigenvalue weighted by Gasteiger charge is 2.42. The zero-order chi connectivity index (χ0) is 18.0. The average molecular weight is 358 g/mol. The Morgan fingerprint density at radius 1 is 1.21 bits per heavy atom. The van der Waals surface area contributed by atoms with Crippen molar-refractivity contribution in [3.63, 3.8) is 0 Å². The Bertz CT molecular complexity index is 516. The van der Waals surface area contributed by atoms with E-state index in [1.54, 1.807) is 4.90 Å². The van der Waals surface area contributed by atoms with Crippen LogP contribution in [0.15, 0.2) is 12.4 Å². The van der Waals surface area contributed by atoms with Crippen LogP contribution in [0.3, 0.4) is 0 Å². The molecule has 0 radical (unpaired) electrons. The highest BCUT2D eigenvalue weighted by Crippen LogP contribution is 2.33. The second kappa shape index (κ2) is 7.30. The molecular formula is C14H20F6N4. The van der Waals surface area contributed by atoms with Crippen LogP contribution in [0.5, 0.6) is 0 Å². The van der Waals surface area contributed by atoms with Crippen molar-refractivity contribution in [1.29, 1.82) is 0 Å². The molecule has 2 heterocycles. The molecule has 1 saturated heterocycles. The van der Waals surface area contributed by atoms with E-state index in [2.05, 4.69) is 10.4 Å². The zero-order valence-corrected chi connectivity index (χ0v) is 13.2. The fourth-order valence-corrected chi connectivity index (χ4v) is 2.81. The highest BCUT2D eigenvalue weighted by molar-refractivity contribution is 5.13. The van der Waals surface area contributed by atoms with E-state index in [0.717, 1.165) is 0 Å². The van der Waals surface area contributed by atoms with Crippen molar-refractivity contribution in [2.45, 2.75) is 43.7 Å². The van der Waals surface area contributed by atoms with Gasteiger partial charge in [0, 0.05) is 31.4 Å². The maximum atomic E-state index is 13.3. The maximum absolute atomic E-state index is 13.3. The Balaban J connectivity index is 1.89. The van der Waals surface area contributed by atoms with Gasteiger partial charge in [-0.3, -0.25) is 10.00 Å². The van der Waals surface area contributed by atoms with Gasteiger partial charge in [-0.2, -0.15) is 31.4 Å². The third kappa shape index (κ3) is 5.66. The van der Waals surface area contributed by atoms with Gasteiger partial charge in [0.15, 0.2) is 0 Å². The molecule has 2 rings (SSSR count). The van der Waals surface area contributed by atoms with Crippen LogP contribution in [0.1, 0.15) is 30.9 Å². The van der Waals surface area contributed by atoms with Gasteiger partial charge in [-0.1, -0.05) is 0 Å². The van der Waals surface area contributed by atoms with E-state index in [-0.39, 0.29) is 18.2 Å². The first-order valence-electron chi connectivity index (χ1n) is 7.65. The van der Waals surface area contributed by atoms with E-state index in [4.69, 9.17) is 0 Å². The Labute approximate surface area is 135 Å². The number of aryl methyl sites for hydroxylation is 1. The summed E-state index contributed by atoms with van der Waals surface area (Å²) >= 11 is 0. The Morgan fingerprint density at radius 3 is 2.29 bits per heavy atom. The van der Waals surface area contributed by atoms with Gasteiger partial charge in [-0.15, -0.1) is 0 Å². The van der Waals surface area contributed by atoms with E-state index in [0.29, 0.717) is 25.9 Å². The number of likely N-dealkylation sites (tertiary alicyclic amines) is 1. The molecule has 1 aliphatic heterocycles. The molecule has 1 N–H and O–H groups in total. The van der Waals surface area contributed by atoms with Gasteiger partial charge < -0.3 is 4.90 Å². The van der Waals surface area contributed by atoms with Crippen LogP contribution in [-0.4, -0.2) is 52.7 Å². The largest absolute Gasteiger partial charge is 0.408 e. The van der Waals surface area contributed by atoms with Crippen LogP contribution in [0.2, 0.25) is 0 Å². The van der Waals surface area contributed by atoms with Crippen molar-refractivity contribution in [3.05, 3.63) is 18.0 Å². The highest BCUT2D eigenvalue weighted by atomic mass is 19.4. The van der Waals surface area contributed by atoms with Crippen molar-refractivity contribution in [3.8, 4) is 0 Å². The van der Waals surface area contributed by atoms with Crippen molar-refractivity contribution in [2.24, 2.45) is 7.05 Å². The minimum absolute atomic E-state index is 0.0319. The van der Waals surface area contributed by atoms with E-state index in [1.807, 2.05) is 0 Å². The van der Waals surface area contributed by atoms with Crippen LogP contribution < -0.4 is 5.32 Å². The number of piperidine rings is 1. The van der Waals surface area contributed by atoms with Crippen LogP contribution >= 0.6 is 0 Å². The number of rotatable bonds is 5. The molecule has 0 unspecified atom stereocenters. The monoisotopic (exact) mass is 358 g/mol. The zero-order valence-electron chi connectivity index (χ0n) is 13.2. The van der Waals surface area contributed by atoms with Crippen molar-refractivity contribution in [1.82, 2.24) is 20.0 Å². The normalized spacial score (nSPS) is 19.6. The van der Waals surface area contributed by atoms with E-state index in [1.165, 1.54) is 24.1 Å². The lowest BCUT2D eigenvalue weighted by Crippen LogP contribution is -2.47. The summed E-state index contributed by atoms with van der Waals surface area (Å²) in [5, 5.41) is 6.36. The lowest BCUT2D eigenvalue weighted by molar-refractivity contribution is -0.161. The first-order valence-corrected chi connectivity index (χ1v) is 7.65. The number of nitrogens with one attached hydrogen (secondary N) is 1. The van der Waals surface area contributed by atoms with Gasteiger partial charge in [-0.25, -0.2) is 0 Å². The van der Waals surface area contributed by atoms with Gasteiger partial charge in [0.1, 0.15) is 6.04 Å². The predicted octanol–water partition coefficient (Wildman–Crippen LogP) is 3.03. The fraction of sp³-hybridized carbons (Fsp3) is 0.786. The van der Waals surface area contributed by atoms with Crippen LogP contribution in [0.25, 0.3) is 0 Å². The number of aromatic nitrogens is 2. The number of hydrogen-bond acceptors (Lipinski definition) is 3. The molecule has 0 amide bonds. The smallest absolute Gasteiger partial charge is 0.303 e. The topological polar surface area (TPSA) is 33.1 Å². The Hall–Kier alpha value is -1.29. The van der Waals surface area contributed by atoms with Crippen LogP contribution in [0, 0.1) is 0 Å². The third-order valence-corrected chi connectivity index (χ3v) is 4.09. The van der Waals surface area contributed by atoms with Gasteiger partial charge in [0.05, 0.1) is 12.6 Å². The van der Waals surface area contributed by atoms with Gasteiger partial charge in [0.2, 0.25) is 0 Å². The summed E-state index contributed by atoms with van der Waals surface area (Å²) in [4.78, 5) is 1.64. The van der Waals surface area contributed by atoms with E-state index >= 15 is 0 Å². The molecule has 1 atom stereocenters. The summed E-state index contributed by atoms with van der Waals surface area (Å²) < 4.78 is 77.7. The summed E-state index contributed by atoms with van der Waals surface area (Å²) in [5.74, 6) is 0. The first kappa shape index (κ1) is 19.0. The number of halogens is 6. The molecule has 1 aromatic rings. The summed E-state index contributed by atoms with van der Waals surface area (Å²) in [6.45, 7) is 0.595. The molecule has 24 heavy (non-hydrogen) atoms. The summed E-state index contributed by atoms with van der Waals surface area (Å²) in [6, 6.07) is -2.21. The first-order chi connectivity index (χ1) is 11.0. The minimum atomic E-state index is -4.46. The second-order valence-electron chi connectivity index (χ2n) is 6.07. The third-order valence-electron chi connectivity index (χ3n) is 4.09. The molecule has 0 saturated carbocycles. The lowest BCUT2D eigenvalue weighted by atomic mass is 10.0. The van der Waals surface area contributed by atoms with Gasteiger partial charge >= 0.3 is 12.4 Å². The molecular weight excluding hydrogens is 338 g/mol. The molecule has 1 fully saturated rings. The van der Waals surface area contributed by atoms with E-state index < -0.39 is 24.8 Å². The molecule has 0 bridgehead atoms. The van der Waals surface area contributed by atoms with Crippen molar-refractivity contribution < 1.29 is 26.3 Å². The van der Waals surface area contributed by atoms with Crippen molar-refractivity contribution >= 4 is 0 Å². The Morgan fingerprint density at radius 2 is 1.83 bits per heavy atom. The second-order valence-corrected chi connectivity index (χ2v) is 6.07. The Kier molecular flexibility index (Phi) is 5.79. The summed E-state index contributed by atoms with van der Waals surface area (Å²) in [7, 11) is 1.54. The average Bonchev–Trinajstić information content (AvgIpc) is 2.88. The van der Waals surface area contributed by atoms with E-state index in [9.17, 15) is 26.3 Å². The molecule has 0 spiro atoms. The van der Waals surface area contributed by atoms with Crippen LogP contribution in [-0.2, 0) is 7.05 Å². The SMILES string of the molecule is Cn1cc([C@H](NC2CCN(CCC(F)(F)F)CC2)C(F)(F)F)cn1. The molecule has 0 aromatic carbocycles. The quantitative estimate of drug-likeness (QED) is 0.822. The van der Waals surface area contributed by atoms with Gasteiger partial charge in [0.25, 0.3) is 0 Å². The number of nitrogens with zero attached hydrogens (tertiary/aromatic N) is 3. The van der Waals surface area contributed by atoms with Crippen molar-refractivity contribution in [2.75, 3.05) is 19.6 Å².